The molecule has 0 aromatic carbocycles. The van der Waals surface area contributed by atoms with Gasteiger partial charge in [0.05, 0.1) is 0 Å². The molecule has 0 spiro atoms. The topological polar surface area (TPSA) is 73.5 Å². The number of aryl methyl sites for hydroxylation is 2. The highest BCUT2D eigenvalue weighted by molar-refractivity contribution is 5.94. The van der Waals surface area contributed by atoms with Crippen LogP contribution in [-0.4, -0.2) is 52.3 Å². The molecule has 6 nitrogen and oxygen atoms in total. The molecular formula is C19H25N3O3. The number of amides is 2. The molecule has 134 valence electrons. The molecule has 25 heavy (non-hydrogen) atoms. The third-order valence-electron chi connectivity index (χ3n) is 5.99. The molecule has 3 saturated heterocycles. The number of hydrogen-bond donors (Lipinski definition) is 1. The molecule has 0 unspecified atom stereocenters. The van der Waals surface area contributed by atoms with Crippen molar-refractivity contribution in [3.8, 4) is 0 Å². The molecule has 2 bridgehead atoms. The van der Waals surface area contributed by atoms with Gasteiger partial charge >= 0.3 is 0 Å². The Balaban J connectivity index is 1.63. The van der Waals surface area contributed by atoms with Gasteiger partial charge in [0.1, 0.15) is 5.56 Å². The monoisotopic (exact) mass is 343 g/mol. The van der Waals surface area contributed by atoms with E-state index in [1.165, 1.54) is 0 Å². The molecule has 2 amide bonds. The summed E-state index contributed by atoms with van der Waals surface area (Å²) in [5.74, 6) is 0.205. The highest BCUT2D eigenvalue weighted by Crippen LogP contribution is 2.29. The van der Waals surface area contributed by atoms with Gasteiger partial charge in [0, 0.05) is 38.3 Å². The second-order valence-electron chi connectivity index (χ2n) is 7.70. The minimum absolute atomic E-state index is 0.0191. The van der Waals surface area contributed by atoms with E-state index < -0.39 is 0 Å². The molecule has 0 radical (unpaired) electrons. The van der Waals surface area contributed by atoms with Gasteiger partial charge in [0.25, 0.3) is 11.5 Å². The lowest BCUT2D eigenvalue weighted by Gasteiger charge is -2.36. The summed E-state index contributed by atoms with van der Waals surface area (Å²) in [5, 5.41) is 0. The summed E-state index contributed by atoms with van der Waals surface area (Å²) < 4.78 is 0. The number of piperidine rings is 1. The van der Waals surface area contributed by atoms with Crippen LogP contribution in [0.15, 0.2) is 10.9 Å². The normalized spacial score (nSPS) is 25.5. The average Bonchev–Trinajstić information content (AvgIpc) is 2.93. The minimum Gasteiger partial charge on any atom is -0.341 e. The fourth-order valence-corrected chi connectivity index (χ4v) is 4.58. The smallest absolute Gasteiger partial charge is 0.261 e. The number of H-pyrrole nitrogens is 1. The summed E-state index contributed by atoms with van der Waals surface area (Å²) in [7, 11) is 0. The van der Waals surface area contributed by atoms with Crippen molar-refractivity contribution in [2.45, 2.75) is 51.5 Å². The van der Waals surface area contributed by atoms with E-state index in [1.54, 1.807) is 6.92 Å². The number of aromatic nitrogens is 1. The SMILES string of the molecule is CC(=O)N1C[C@H]2CC[C@@H](C1)N(C(=O)c1cc3c([nH]c1=O)CCCC3)C2. The van der Waals surface area contributed by atoms with Gasteiger partial charge in [-0.1, -0.05) is 0 Å². The molecule has 4 aliphatic rings. The molecule has 5 rings (SSSR count). The van der Waals surface area contributed by atoms with Crippen LogP contribution in [-0.2, 0) is 17.6 Å². The van der Waals surface area contributed by atoms with Crippen molar-refractivity contribution >= 4 is 11.8 Å². The number of carbonyl (C=O) groups excluding carboxylic acids is 2. The second-order valence-corrected chi connectivity index (χ2v) is 7.70. The molecule has 6 heteroatoms. The van der Waals surface area contributed by atoms with Crippen LogP contribution in [0.25, 0.3) is 0 Å². The number of hydrogen-bond acceptors (Lipinski definition) is 3. The van der Waals surface area contributed by atoms with E-state index in [0.717, 1.165) is 56.3 Å². The lowest BCUT2D eigenvalue weighted by molar-refractivity contribution is -0.129. The number of carbonyl (C=O) groups is 2. The molecule has 3 fully saturated rings. The Morgan fingerprint density at radius 2 is 1.92 bits per heavy atom. The summed E-state index contributed by atoms with van der Waals surface area (Å²) in [6.07, 6.45) is 5.96. The van der Waals surface area contributed by atoms with E-state index in [9.17, 15) is 14.4 Å². The Morgan fingerprint density at radius 3 is 2.72 bits per heavy atom. The van der Waals surface area contributed by atoms with Crippen molar-refractivity contribution in [3.63, 3.8) is 0 Å². The first-order chi connectivity index (χ1) is 12.0. The van der Waals surface area contributed by atoms with Crippen molar-refractivity contribution in [1.29, 1.82) is 0 Å². The Hall–Kier alpha value is -2.11. The molecule has 3 aliphatic heterocycles. The summed E-state index contributed by atoms with van der Waals surface area (Å²) in [6.45, 7) is 3.53. The van der Waals surface area contributed by atoms with E-state index >= 15 is 0 Å². The lowest BCUT2D eigenvalue weighted by atomic mass is 9.93. The molecule has 1 aromatic rings. The standard InChI is InChI=1S/C19H25N3O3/c1-12(23)21-9-13-6-7-15(11-21)22(10-13)19(25)16-8-14-4-2-3-5-17(14)20-18(16)24/h8,13,15H,2-7,9-11H2,1H3,(H,20,24)/t13-,15+/m1/s1. The summed E-state index contributed by atoms with van der Waals surface area (Å²) in [5.41, 5.74) is 2.10. The number of nitrogens with zero attached hydrogens (tertiary/aromatic N) is 2. The summed E-state index contributed by atoms with van der Waals surface area (Å²) >= 11 is 0. The predicted octanol–water partition coefficient (Wildman–Crippen LogP) is 1.34. The lowest BCUT2D eigenvalue weighted by Crippen LogP contribution is -2.48. The Kier molecular flexibility index (Phi) is 4.13. The van der Waals surface area contributed by atoms with Crippen molar-refractivity contribution in [3.05, 3.63) is 33.2 Å². The summed E-state index contributed by atoms with van der Waals surface area (Å²) in [6, 6.07) is 1.84. The van der Waals surface area contributed by atoms with Gasteiger partial charge in [-0.3, -0.25) is 14.4 Å². The fourth-order valence-electron chi connectivity index (χ4n) is 4.58. The summed E-state index contributed by atoms with van der Waals surface area (Å²) in [4.78, 5) is 44.0. The van der Waals surface area contributed by atoms with Gasteiger partial charge < -0.3 is 14.8 Å². The van der Waals surface area contributed by atoms with Crippen molar-refractivity contribution in [2.24, 2.45) is 5.92 Å². The van der Waals surface area contributed by atoms with Gasteiger partial charge in [-0.05, 0) is 56.1 Å². The van der Waals surface area contributed by atoms with Gasteiger partial charge in [-0.25, -0.2) is 0 Å². The fraction of sp³-hybridized carbons (Fsp3) is 0.632. The maximum atomic E-state index is 13.1. The van der Waals surface area contributed by atoms with Crippen LogP contribution in [0.2, 0.25) is 0 Å². The van der Waals surface area contributed by atoms with Gasteiger partial charge in [0.15, 0.2) is 0 Å². The Labute approximate surface area is 147 Å². The van der Waals surface area contributed by atoms with Crippen LogP contribution in [0, 0.1) is 5.92 Å². The first-order valence-corrected chi connectivity index (χ1v) is 9.34. The third-order valence-corrected chi connectivity index (χ3v) is 5.99. The van der Waals surface area contributed by atoms with Crippen LogP contribution >= 0.6 is 0 Å². The maximum Gasteiger partial charge on any atom is 0.261 e. The minimum atomic E-state index is -0.269. The largest absolute Gasteiger partial charge is 0.341 e. The molecule has 4 heterocycles. The average molecular weight is 343 g/mol. The van der Waals surface area contributed by atoms with E-state index in [0.29, 0.717) is 19.0 Å². The van der Waals surface area contributed by atoms with Crippen molar-refractivity contribution < 1.29 is 9.59 Å². The second kappa shape index (κ2) is 6.32. The zero-order chi connectivity index (χ0) is 17.6. The quantitative estimate of drug-likeness (QED) is 0.836. The first kappa shape index (κ1) is 16.4. The molecule has 1 N–H and O–H groups in total. The predicted molar refractivity (Wildman–Crippen MR) is 93.5 cm³/mol. The van der Waals surface area contributed by atoms with Crippen LogP contribution in [0.3, 0.4) is 0 Å². The van der Waals surface area contributed by atoms with E-state index in [-0.39, 0.29) is 29.0 Å². The maximum absolute atomic E-state index is 13.1. The number of pyridine rings is 1. The van der Waals surface area contributed by atoms with Gasteiger partial charge in [-0.2, -0.15) is 0 Å². The van der Waals surface area contributed by atoms with Gasteiger partial charge in [0.2, 0.25) is 5.91 Å². The number of nitrogens with one attached hydrogen (secondary N) is 1. The van der Waals surface area contributed by atoms with Crippen LogP contribution in [0.4, 0.5) is 0 Å². The zero-order valence-corrected chi connectivity index (χ0v) is 14.7. The van der Waals surface area contributed by atoms with E-state index in [1.807, 2.05) is 15.9 Å². The van der Waals surface area contributed by atoms with Crippen molar-refractivity contribution in [2.75, 3.05) is 19.6 Å². The highest BCUT2D eigenvalue weighted by Gasteiger charge is 2.38. The van der Waals surface area contributed by atoms with E-state index in [2.05, 4.69) is 4.98 Å². The first-order valence-electron chi connectivity index (χ1n) is 9.34. The Morgan fingerprint density at radius 1 is 1.12 bits per heavy atom. The molecule has 1 aliphatic carbocycles. The van der Waals surface area contributed by atoms with Gasteiger partial charge in [-0.15, -0.1) is 0 Å². The molecule has 0 saturated carbocycles. The van der Waals surface area contributed by atoms with Crippen LogP contribution in [0.1, 0.15) is 54.2 Å². The molecule has 2 atom stereocenters. The number of rotatable bonds is 1. The van der Waals surface area contributed by atoms with Crippen LogP contribution < -0.4 is 5.56 Å². The highest BCUT2D eigenvalue weighted by atomic mass is 16.2. The molecular weight excluding hydrogens is 318 g/mol. The number of fused-ring (bicyclic) bond motifs is 5. The molecule has 1 aromatic heterocycles. The third kappa shape index (κ3) is 2.98. The van der Waals surface area contributed by atoms with E-state index in [4.69, 9.17) is 0 Å². The Bertz CT molecular complexity index is 770. The zero-order valence-electron chi connectivity index (χ0n) is 14.7. The van der Waals surface area contributed by atoms with Crippen molar-refractivity contribution in [1.82, 2.24) is 14.8 Å². The number of aromatic amines is 1. The van der Waals surface area contributed by atoms with Crippen LogP contribution in [0.5, 0.6) is 0 Å².